The Balaban J connectivity index is 1.42. The molecule has 2 N–H and O–H groups in total. The number of aliphatic hydroxyl groups excluding tert-OH is 1. The minimum absolute atomic E-state index is 0.0901. The topological polar surface area (TPSA) is 71.7 Å². The fraction of sp³-hybridized carbons (Fsp3) is 0.450. The molecule has 25 heavy (non-hydrogen) atoms. The van der Waals surface area contributed by atoms with Crippen molar-refractivity contribution < 1.29 is 19.1 Å². The van der Waals surface area contributed by atoms with Crippen LogP contribution in [-0.2, 0) is 11.2 Å². The molecule has 1 heterocycles. The Bertz CT molecular complexity index is 662. The van der Waals surface area contributed by atoms with E-state index in [-0.39, 0.29) is 12.5 Å². The van der Waals surface area contributed by atoms with Crippen LogP contribution < -0.4 is 10.1 Å². The van der Waals surface area contributed by atoms with E-state index < -0.39 is 6.10 Å². The summed E-state index contributed by atoms with van der Waals surface area (Å²) in [4.78, 5) is 12.0. The van der Waals surface area contributed by atoms with Crippen LogP contribution in [0, 0.1) is 0 Å². The number of rotatable bonds is 8. The molecule has 1 saturated carbocycles. The number of hydrogen-bond acceptors (Lipinski definition) is 4. The summed E-state index contributed by atoms with van der Waals surface area (Å²) in [6.45, 7) is 0.150. The third kappa shape index (κ3) is 5.36. The summed E-state index contributed by atoms with van der Waals surface area (Å²) in [6, 6.07) is 11.4. The molecule has 1 aromatic heterocycles. The monoisotopic (exact) mass is 343 g/mol. The van der Waals surface area contributed by atoms with Crippen LogP contribution in [0.25, 0.3) is 0 Å². The van der Waals surface area contributed by atoms with Crippen LogP contribution in [0.3, 0.4) is 0 Å². The lowest BCUT2D eigenvalue weighted by molar-refractivity contribution is -0.121. The van der Waals surface area contributed by atoms with Gasteiger partial charge in [0.1, 0.15) is 17.6 Å². The molecule has 1 atom stereocenters. The van der Waals surface area contributed by atoms with Crippen LogP contribution in [0.4, 0.5) is 0 Å². The zero-order valence-electron chi connectivity index (χ0n) is 14.3. The fourth-order valence-electron chi connectivity index (χ4n) is 3.11. The second-order valence-corrected chi connectivity index (χ2v) is 6.51. The number of nitrogens with one attached hydrogen (secondary N) is 1. The predicted molar refractivity (Wildman–Crippen MR) is 94.3 cm³/mol. The number of aryl methyl sites for hydroxylation is 1. The molecule has 1 aliphatic rings. The van der Waals surface area contributed by atoms with Crippen LogP contribution in [0.15, 0.2) is 47.1 Å². The highest BCUT2D eigenvalue weighted by atomic mass is 16.5. The van der Waals surface area contributed by atoms with E-state index in [1.807, 2.05) is 24.3 Å². The first-order chi connectivity index (χ1) is 12.2. The lowest BCUT2D eigenvalue weighted by Gasteiger charge is -2.14. The summed E-state index contributed by atoms with van der Waals surface area (Å²) in [5.41, 5.74) is 1.08. The summed E-state index contributed by atoms with van der Waals surface area (Å²) in [7, 11) is 0. The molecular weight excluding hydrogens is 318 g/mol. The van der Waals surface area contributed by atoms with Gasteiger partial charge in [-0.05, 0) is 61.9 Å². The Morgan fingerprint density at radius 3 is 2.88 bits per heavy atom. The Morgan fingerprint density at radius 2 is 2.12 bits per heavy atom. The zero-order chi connectivity index (χ0) is 17.5. The van der Waals surface area contributed by atoms with Crippen LogP contribution in [0.5, 0.6) is 5.75 Å². The maximum atomic E-state index is 12.0. The van der Waals surface area contributed by atoms with E-state index in [4.69, 9.17) is 9.15 Å². The molecule has 5 nitrogen and oxygen atoms in total. The number of furan rings is 1. The SMILES string of the molecule is O=C(CCc1cccc(OC2CCCC2)c1)NCC(O)c1ccco1. The van der Waals surface area contributed by atoms with Gasteiger partial charge in [-0.25, -0.2) is 0 Å². The molecule has 1 aromatic carbocycles. The van der Waals surface area contributed by atoms with E-state index in [0.717, 1.165) is 24.2 Å². The van der Waals surface area contributed by atoms with Gasteiger partial charge in [0.15, 0.2) is 0 Å². The van der Waals surface area contributed by atoms with Crippen molar-refractivity contribution in [1.29, 1.82) is 0 Å². The average molecular weight is 343 g/mol. The Hall–Kier alpha value is -2.27. The van der Waals surface area contributed by atoms with E-state index in [2.05, 4.69) is 5.32 Å². The second kappa shape index (κ2) is 8.72. The number of amides is 1. The molecule has 1 unspecified atom stereocenters. The molecule has 0 spiro atoms. The third-order valence-corrected chi connectivity index (χ3v) is 4.51. The normalized spacial score (nSPS) is 15.9. The van der Waals surface area contributed by atoms with Gasteiger partial charge in [-0.1, -0.05) is 12.1 Å². The highest BCUT2D eigenvalue weighted by Gasteiger charge is 2.16. The maximum Gasteiger partial charge on any atom is 0.220 e. The van der Waals surface area contributed by atoms with E-state index in [1.165, 1.54) is 19.1 Å². The summed E-state index contributed by atoms with van der Waals surface area (Å²) < 4.78 is 11.1. The first kappa shape index (κ1) is 17.5. The largest absolute Gasteiger partial charge is 0.490 e. The van der Waals surface area contributed by atoms with E-state index in [9.17, 15) is 9.90 Å². The highest BCUT2D eigenvalue weighted by molar-refractivity contribution is 5.76. The molecule has 0 radical (unpaired) electrons. The van der Waals surface area contributed by atoms with Crippen molar-refractivity contribution in [3.8, 4) is 5.75 Å². The van der Waals surface area contributed by atoms with Gasteiger partial charge < -0.3 is 19.6 Å². The standard InChI is InChI=1S/C20H25NO4/c22-18(19-9-4-12-24-19)14-21-20(23)11-10-15-5-3-8-17(13-15)25-16-6-1-2-7-16/h3-5,8-9,12-13,16,18,22H,1-2,6-7,10-11,14H2,(H,21,23). The van der Waals surface area contributed by atoms with E-state index in [0.29, 0.717) is 24.7 Å². The molecule has 0 bridgehead atoms. The molecular formula is C20H25NO4. The Kier molecular flexibility index (Phi) is 6.12. The molecule has 0 saturated heterocycles. The van der Waals surface area contributed by atoms with Gasteiger partial charge in [0, 0.05) is 6.42 Å². The average Bonchev–Trinajstić information content (AvgIpc) is 3.32. The first-order valence-electron chi connectivity index (χ1n) is 8.94. The molecule has 1 fully saturated rings. The number of carbonyl (C=O) groups excluding carboxylic acids is 1. The van der Waals surface area contributed by atoms with Gasteiger partial charge in [0.2, 0.25) is 5.91 Å². The Morgan fingerprint density at radius 1 is 1.28 bits per heavy atom. The molecule has 3 rings (SSSR count). The number of benzene rings is 1. The van der Waals surface area contributed by atoms with Gasteiger partial charge in [-0.2, -0.15) is 0 Å². The summed E-state index contributed by atoms with van der Waals surface area (Å²) in [6.07, 6.45) is 6.78. The van der Waals surface area contributed by atoms with Crippen molar-refractivity contribution in [2.45, 2.75) is 50.7 Å². The zero-order valence-corrected chi connectivity index (χ0v) is 14.3. The second-order valence-electron chi connectivity index (χ2n) is 6.51. The minimum Gasteiger partial charge on any atom is -0.490 e. The number of ether oxygens (including phenoxy) is 1. The third-order valence-electron chi connectivity index (χ3n) is 4.51. The van der Waals surface area contributed by atoms with Crippen LogP contribution in [-0.4, -0.2) is 23.7 Å². The van der Waals surface area contributed by atoms with Gasteiger partial charge in [0.05, 0.1) is 18.9 Å². The summed E-state index contributed by atoms with van der Waals surface area (Å²) in [5.74, 6) is 1.25. The molecule has 5 heteroatoms. The Labute approximate surface area is 148 Å². The van der Waals surface area contributed by atoms with Gasteiger partial charge in [-0.15, -0.1) is 0 Å². The maximum absolute atomic E-state index is 12.0. The lowest BCUT2D eigenvalue weighted by Crippen LogP contribution is -2.28. The number of aliphatic hydroxyl groups is 1. The van der Waals surface area contributed by atoms with Gasteiger partial charge >= 0.3 is 0 Å². The van der Waals surface area contributed by atoms with Crippen molar-refractivity contribution in [3.05, 3.63) is 54.0 Å². The highest BCUT2D eigenvalue weighted by Crippen LogP contribution is 2.24. The van der Waals surface area contributed by atoms with Gasteiger partial charge in [-0.3, -0.25) is 4.79 Å². The molecule has 1 aliphatic carbocycles. The predicted octanol–water partition coefficient (Wildman–Crippen LogP) is 3.38. The fourth-order valence-corrected chi connectivity index (χ4v) is 3.11. The van der Waals surface area contributed by atoms with Crippen molar-refractivity contribution >= 4 is 5.91 Å². The minimum atomic E-state index is -0.818. The molecule has 1 amide bonds. The number of hydrogen-bond donors (Lipinski definition) is 2. The van der Waals surface area contributed by atoms with E-state index >= 15 is 0 Å². The van der Waals surface area contributed by atoms with Crippen LogP contribution in [0.2, 0.25) is 0 Å². The van der Waals surface area contributed by atoms with Crippen molar-refractivity contribution in [3.63, 3.8) is 0 Å². The molecule has 0 aliphatic heterocycles. The quantitative estimate of drug-likeness (QED) is 0.771. The van der Waals surface area contributed by atoms with Crippen molar-refractivity contribution in [1.82, 2.24) is 5.32 Å². The van der Waals surface area contributed by atoms with Crippen LogP contribution >= 0.6 is 0 Å². The first-order valence-corrected chi connectivity index (χ1v) is 8.94. The summed E-state index contributed by atoms with van der Waals surface area (Å²) >= 11 is 0. The summed E-state index contributed by atoms with van der Waals surface area (Å²) in [5, 5.41) is 12.6. The van der Waals surface area contributed by atoms with E-state index in [1.54, 1.807) is 12.1 Å². The van der Waals surface area contributed by atoms with Crippen LogP contribution in [0.1, 0.15) is 49.5 Å². The van der Waals surface area contributed by atoms with Crippen molar-refractivity contribution in [2.24, 2.45) is 0 Å². The van der Waals surface area contributed by atoms with Gasteiger partial charge in [0.25, 0.3) is 0 Å². The van der Waals surface area contributed by atoms with Crippen molar-refractivity contribution in [2.75, 3.05) is 6.54 Å². The molecule has 134 valence electrons. The number of carbonyl (C=O) groups is 1. The molecule has 2 aromatic rings. The lowest BCUT2D eigenvalue weighted by atomic mass is 10.1. The smallest absolute Gasteiger partial charge is 0.220 e.